The highest BCUT2D eigenvalue weighted by molar-refractivity contribution is 14.1. The van der Waals surface area contributed by atoms with Gasteiger partial charge in [0.1, 0.15) is 29.0 Å². The number of halogens is 3. The van der Waals surface area contributed by atoms with Crippen LogP contribution in [0, 0.1) is 15.2 Å². The third-order valence-electron chi connectivity index (χ3n) is 5.89. The van der Waals surface area contributed by atoms with Gasteiger partial charge in [0.2, 0.25) is 0 Å². The number of nitrogens with zero attached hydrogens (tertiary/aromatic N) is 3. The molecule has 0 spiro atoms. The van der Waals surface area contributed by atoms with Crippen molar-refractivity contribution in [2.45, 2.75) is 43.9 Å². The molecule has 178 valence electrons. The number of aliphatic imine (C=N–C) groups is 1. The first-order valence-corrected chi connectivity index (χ1v) is 11.8. The average Bonchev–Trinajstić information content (AvgIpc) is 2.79. The number of anilines is 1. The average molecular weight is 579 g/mol. The fourth-order valence-corrected chi connectivity index (χ4v) is 4.75. The molecule has 1 aromatic heterocycles. The maximum atomic E-state index is 14.9. The summed E-state index contributed by atoms with van der Waals surface area (Å²) in [6, 6.07) is 8.94. The van der Waals surface area contributed by atoms with Crippen LogP contribution in [0.3, 0.4) is 0 Å². The van der Waals surface area contributed by atoms with E-state index in [1.165, 1.54) is 24.3 Å². The lowest BCUT2D eigenvalue weighted by Crippen LogP contribution is -2.33. The van der Waals surface area contributed by atoms with Gasteiger partial charge in [0.15, 0.2) is 0 Å². The van der Waals surface area contributed by atoms with Gasteiger partial charge in [-0.3, -0.25) is 4.99 Å². The third-order valence-corrected chi connectivity index (χ3v) is 6.51. The monoisotopic (exact) mass is 579 g/mol. The van der Waals surface area contributed by atoms with Crippen molar-refractivity contribution in [3.63, 3.8) is 0 Å². The second kappa shape index (κ2) is 10.3. The fraction of sp³-hybridized carbons (Fsp3) is 0.292. The molecule has 2 aromatic carbocycles. The summed E-state index contributed by atoms with van der Waals surface area (Å²) in [5, 5.41) is 19.8. The van der Waals surface area contributed by atoms with Gasteiger partial charge in [0, 0.05) is 15.1 Å². The second-order valence-corrected chi connectivity index (χ2v) is 9.59. The normalized spacial score (nSPS) is 21.0. The number of amidine groups is 1. The molecule has 3 aromatic rings. The predicted molar refractivity (Wildman–Crippen MR) is 134 cm³/mol. The molecular formula is C24H24F2IN5O2. The minimum atomic E-state index is -0.823. The molecule has 1 saturated carbocycles. The van der Waals surface area contributed by atoms with E-state index in [0.29, 0.717) is 41.8 Å². The van der Waals surface area contributed by atoms with Gasteiger partial charge in [-0.25, -0.2) is 18.7 Å². The number of benzene rings is 2. The van der Waals surface area contributed by atoms with Gasteiger partial charge >= 0.3 is 0 Å². The Morgan fingerprint density at radius 3 is 2.62 bits per heavy atom. The van der Waals surface area contributed by atoms with Gasteiger partial charge in [-0.1, -0.05) is 6.07 Å². The number of aliphatic hydroxyl groups is 2. The van der Waals surface area contributed by atoms with Crippen molar-refractivity contribution in [3.8, 4) is 11.3 Å². The van der Waals surface area contributed by atoms with E-state index in [9.17, 15) is 19.0 Å². The zero-order valence-electron chi connectivity index (χ0n) is 18.1. The second-order valence-electron chi connectivity index (χ2n) is 8.35. The summed E-state index contributed by atoms with van der Waals surface area (Å²) in [5.74, 6) is -0.912. The van der Waals surface area contributed by atoms with Crippen molar-refractivity contribution in [1.29, 1.82) is 0 Å². The van der Waals surface area contributed by atoms with Crippen LogP contribution in [0.4, 0.5) is 14.6 Å². The molecule has 7 nitrogen and oxygen atoms in total. The van der Waals surface area contributed by atoms with Crippen LogP contribution in [0.25, 0.3) is 11.3 Å². The Morgan fingerprint density at radius 2 is 1.91 bits per heavy atom. The number of nitrogen functional groups attached to an aromatic ring is 1. The van der Waals surface area contributed by atoms with E-state index in [1.807, 2.05) is 22.6 Å². The maximum absolute atomic E-state index is 14.9. The third kappa shape index (κ3) is 5.50. The summed E-state index contributed by atoms with van der Waals surface area (Å²) in [7, 11) is 0. The summed E-state index contributed by atoms with van der Waals surface area (Å²) >= 11 is 2.01. The lowest BCUT2D eigenvalue weighted by molar-refractivity contribution is -0.0153. The number of hydrogen-bond donors (Lipinski definition) is 4. The first-order chi connectivity index (χ1) is 16.2. The van der Waals surface area contributed by atoms with Crippen LogP contribution in [0.2, 0.25) is 0 Å². The molecule has 6 N–H and O–H groups in total. The molecule has 1 aliphatic rings. The SMILES string of the molecule is NC(=NCc1cc(F)cc(I)c1)c1ccc(-c2nc(C3CC[C@@H](O)[C@@H](O)C3)cnc2N)cc1F. The molecule has 3 atom stereocenters. The minimum Gasteiger partial charge on any atom is -0.390 e. The molecule has 10 heteroatoms. The summed E-state index contributed by atoms with van der Waals surface area (Å²) in [6.45, 7) is 0.114. The van der Waals surface area contributed by atoms with Gasteiger partial charge in [-0.05, 0) is 77.7 Å². The Kier molecular flexibility index (Phi) is 7.39. The summed E-state index contributed by atoms with van der Waals surface area (Å²) < 4.78 is 29.3. The highest BCUT2D eigenvalue weighted by Crippen LogP contribution is 2.34. The van der Waals surface area contributed by atoms with E-state index in [-0.39, 0.29) is 35.5 Å². The van der Waals surface area contributed by atoms with Gasteiger partial charge < -0.3 is 21.7 Å². The molecule has 0 aliphatic heterocycles. The minimum absolute atomic E-state index is 0.00845. The number of rotatable bonds is 5. The van der Waals surface area contributed by atoms with Crippen LogP contribution in [-0.2, 0) is 6.54 Å². The molecule has 4 rings (SSSR count). The molecule has 1 heterocycles. The summed E-state index contributed by atoms with van der Waals surface area (Å²) in [4.78, 5) is 13.0. The molecule has 1 fully saturated rings. The molecule has 0 amide bonds. The Balaban J connectivity index is 1.57. The van der Waals surface area contributed by atoms with Crippen LogP contribution in [0.5, 0.6) is 0 Å². The van der Waals surface area contributed by atoms with Crippen LogP contribution in [0.15, 0.2) is 47.6 Å². The van der Waals surface area contributed by atoms with Crippen LogP contribution in [-0.4, -0.2) is 38.2 Å². The highest BCUT2D eigenvalue weighted by Gasteiger charge is 2.29. The van der Waals surface area contributed by atoms with Crippen LogP contribution >= 0.6 is 22.6 Å². The van der Waals surface area contributed by atoms with Crippen LogP contribution in [0.1, 0.15) is 42.0 Å². The van der Waals surface area contributed by atoms with Crippen molar-refractivity contribution >= 4 is 34.2 Å². The van der Waals surface area contributed by atoms with E-state index in [1.54, 1.807) is 18.3 Å². The van der Waals surface area contributed by atoms with Crippen molar-refractivity contribution in [1.82, 2.24) is 9.97 Å². The van der Waals surface area contributed by atoms with Gasteiger partial charge in [-0.15, -0.1) is 0 Å². The Labute approximate surface area is 209 Å². The smallest absolute Gasteiger partial charge is 0.150 e. The van der Waals surface area contributed by atoms with Crippen molar-refractivity contribution in [2.24, 2.45) is 10.7 Å². The van der Waals surface area contributed by atoms with Crippen molar-refractivity contribution in [2.75, 3.05) is 5.73 Å². The Hall–Kier alpha value is -2.70. The largest absolute Gasteiger partial charge is 0.390 e. The maximum Gasteiger partial charge on any atom is 0.150 e. The number of hydrogen-bond acceptors (Lipinski definition) is 6. The van der Waals surface area contributed by atoms with E-state index >= 15 is 0 Å². The van der Waals surface area contributed by atoms with E-state index in [4.69, 9.17) is 11.5 Å². The lowest BCUT2D eigenvalue weighted by Gasteiger charge is -2.29. The first-order valence-electron chi connectivity index (χ1n) is 10.7. The van der Waals surface area contributed by atoms with Crippen molar-refractivity contribution in [3.05, 3.63) is 74.6 Å². The predicted octanol–water partition coefficient (Wildman–Crippen LogP) is 3.50. The molecule has 0 radical (unpaired) electrons. The quantitative estimate of drug-likeness (QED) is 0.208. The Bertz CT molecular complexity index is 1220. The van der Waals surface area contributed by atoms with Gasteiger partial charge in [-0.2, -0.15) is 0 Å². The van der Waals surface area contributed by atoms with Crippen molar-refractivity contribution < 1.29 is 19.0 Å². The van der Waals surface area contributed by atoms with Crippen LogP contribution < -0.4 is 11.5 Å². The number of aliphatic hydroxyl groups excluding tert-OH is 2. The first kappa shape index (κ1) is 24.4. The zero-order chi connectivity index (χ0) is 24.4. The van der Waals surface area contributed by atoms with E-state index < -0.39 is 18.0 Å². The molecule has 1 unspecified atom stereocenters. The molecule has 0 saturated heterocycles. The van der Waals surface area contributed by atoms with Gasteiger partial charge in [0.05, 0.1) is 36.2 Å². The van der Waals surface area contributed by atoms with Gasteiger partial charge in [0.25, 0.3) is 0 Å². The Morgan fingerprint density at radius 1 is 1.12 bits per heavy atom. The molecular weight excluding hydrogens is 555 g/mol. The van der Waals surface area contributed by atoms with E-state index in [2.05, 4.69) is 15.0 Å². The highest BCUT2D eigenvalue weighted by atomic mass is 127. The summed E-state index contributed by atoms with van der Waals surface area (Å²) in [5.41, 5.74) is 14.1. The topological polar surface area (TPSA) is 131 Å². The molecule has 0 bridgehead atoms. The lowest BCUT2D eigenvalue weighted by atomic mass is 9.83. The molecule has 1 aliphatic carbocycles. The number of aromatic nitrogens is 2. The van der Waals surface area contributed by atoms with E-state index in [0.717, 1.165) is 3.57 Å². The fourth-order valence-electron chi connectivity index (χ4n) is 4.05. The summed E-state index contributed by atoms with van der Waals surface area (Å²) in [6.07, 6.45) is 1.47. The molecule has 34 heavy (non-hydrogen) atoms. The number of nitrogens with two attached hydrogens (primary N) is 2. The standard InChI is InChI=1S/C24H24F2IN5O2/c25-15-5-12(6-16(27)9-15)10-30-23(28)17-3-1-14(7-18(17)26)22-24(29)31-11-19(32-22)13-2-4-20(33)21(34)8-13/h1,3,5-7,9,11,13,20-21,33-34H,2,4,8,10H2,(H2,28,30)(H2,29,31)/t13?,20-,21+/m1/s1. The zero-order valence-corrected chi connectivity index (χ0v) is 20.3.